The fourth-order valence-corrected chi connectivity index (χ4v) is 2.80. The topological polar surface area (TPSA) is 73.6 Å². The predicted octanol–water partition coefficient (Wildman–Crippen LogP) is 2.97. The Bertz CT molecular complexity index is 905. The van der Waals surface area contributed by atoms with Crippen molar-refractivity contribution in [2.24, 2.45) is 0 Å². The van der Waals surface area contributed by atoms with E-state index in [4.69, 9.17) is 14.0 Å². The van der Waals surface area contributed by atoms with Gasteiger partial charge in [-0.25, -0.2) is 0 Å². The monoisotopic (exact) mass is 350 g/mol. The minimum atomic E-state index is -0.0773. The number of rotatable bonds is 6. The van der Waals surface area contributed by atoms with Crippen LogP contribution in [-0.2, 0) is 17.6 Å². The summed E-state index contributed by atoms with van der Waals surface area (Å²) < 4.78 is 16.0. The second-order valence-electron chi connectivity index (χ2n) is 6.01. The first-order valence-corrected chi connectivity index (χ1v) is 8.44. The second kappa shape index (κ2) is 7.31. The van der Waals surface area contributed by atoms with E-state index in [9.17, 15) is 4.79 Å². The molecule has 6 heteroatoms. The molecule has 132 valence electrons. The molecule has 1 aliphatic rings. The van der Waals surface area contributed by atoms with Crippen molar-refractivity contribution in [3.63, 3.8) is 0 Å². The van der Waals surface area contributed by atoms with Gasteiger partial charge in [-0.3, -0.25) is 4.79 Å². The number of nitrogens with zero attached hydrogens (tertiary/aromatic N) is 1. The number of hydrogen-bond donors (Lipinski definition) is 1. The molecule has 2 aromatic carbocycles. The maximum atomic E-state index is 12.1. The van der Waals surface area contributed by atoms with Crippen molar-refractivity contribution < 1.29 is 18.8 Å². The Balaban J connectivity index is 1.32. The lowest BCUT2D eigenvalue weighted by Crippen LogP contribution is -2.27. The lowest BCUT2D eigenvalue weighted by atomic mass is 10.1. The molecule has 6 nitrogen and oxygen atoms in total. The molecule has 26 heavy (non-hydrogen) atoms. The molecule has 0 atom stereocenters. The van der Waals surface area contributed by atoms with Gasteiger partial charge in [0.05, 0.1) is 12.1 Å². The number of fused-ring (bicyclic) bond motifs is 1. The quantitative estimate of drug-likeness (QED) is 0.740. The summed E-state index contributed by atoms with van der Waals surface area (Å²) in [5.41, 5.74) is 2.62. The van der Waals surface area contributed by atoms with Gasteiger partial charge in [-0.15, -0.1) is 0 Å². The fraction of sp³-hybridized carbons (Fsp3) is 0.200. The van der Waals surface area contributed by atoms with E-state index >= 15 is 0 Å². The normalized spacial score (nSPS) is 12.2. The van der Waals surface area contributed by atoms with E-state index in [2.05, 4.69) is 10.5 Å². The van der Waals surface area contributed by atoms with Crippen molar-refractivity contribution in [2.45, 2.75) is 12.8 Å². The van der Waals surface area contributed by atoms with Gasteiger partial charge in [0, 0.05) is 18.2 Å². The van der Waals surface area contributed by atoms with Gasteiger partial charge >= 0.3 is 0 Å². The molecule has 3 aromatic rings. The molecule has 0 fully saturated rings. The first-order valence-electron chi connectivity index (χ1n) is 8.44. The molecule has 4 rings (SSSR count). The van der Waals surface area contributed by atoms with E-state index < -0.39 is 0 Å². The van der Waals surface area contributed by atoms with Crippen molar-refractivity contribution in [3.05, 3.63) is 65.9 Å². The van der Waals surface area contributed by atoms with Crippen LogP contribution in [-0.4, -0.2) is 24.4 Å². The third kappa shape index (κ3) is 3.69. The maximum absolute atomic E-state index is 12.1. The number of ether oxygens (including phenoxy) is 2. The molecular weight excluding hydrogens is 332 g/mol. The Kier molecular flexibility index (Phi) is 4.55. The Morgan fingerprint density at radius 2 is 1.88 bits per heavy atom. The zero-order valence-corrected chi connectivity index (χ0v) is 14.1. The van der Waals surface area contributed by atoms with E-state index in [0.717, 1.165) is 12.0 Å². The number of amides is 1. The minimum Gasteiger partial charge on any atom is -0.454 e. The fourth-order valence-electron chi connectivity index (χ4n) is 2.80. The van der Waals surface area contributed by atoms with Crippen molar-refractivity contribution in [1.82, 2.24) is 10.5 Å². The van der Waals surface area contributed by atoms with Crippen LogP contribution in [0.5, 0.6) is 11.5 Å². The summed E-state index contributed by atoms with van der Waals surface area (Å²) >= 11 is 0. The van der Waals surface area contributed by atoms with E-state index in [1.165, 1.54) is 5.56 Å². The van der Waals surface area contributed by atoms with Crippen LogP contribution in [0.1, 0.15) is 11.3 Å². The van der Waals surface area contributed by atoms with Gasteiger partial charge in [0.2, 0.25) is 12.7 Å². The van der Waals surface area contributed by atoms with E-state index in [-0.39, 0.29) is 19.1 Å². The molecule has 0 spiro atoms. The number of carbonyl (C=O) groups is 1. The van der Waals surface area contributed by atoms with Crippen LogP contribution < -0.4 is 14.8 Å². The van der Waals surface area contributed by atoms with Crippen molar-refractivity contribution in [3.8, 4) is 22.8 Å². The predicted molar refractivity (Wildman–Crippen MR) is 94.9 cm³/mol. The lowest BCUT2D eigenvalue weighted by Gasteiger charge is -2.03. The summed E-state index contributed by atoms with van der Waals surface area (Å²) in [5, 5.41) is 6.89. The van der Waals surface area contributed by atoms with E-state index in [1.54, 1.807) is 6.07 Å². The molecule has 1 aromatic heterocycles. The molecule has 0 radical (unpaired) electrons. The van der Waals surface area contributed by atoms with Gasteiger partial charge in [0.1, 0.15) is 0 Å². The largest absolute Gasteiger partial charge is 0.454 e. The zero-order valence-electron chi connectivity index (χ0n) is 14.1. The summed E-state index contributed by atoms with van der Waals surface area (Å²) in [5.74, 6) is 1.91. The Labute approximate surface area is 150 Å². The maximum Gasteiger partial charge on any atom is 0.231 e. The molecule has 1 amide bonds. The second-order valence-corrected chi connectivity index (χ2v) is 6.01. The van der Waals surface area contributed by atoms with E-state index in [1.807, 2.05) is 48.5 Å². The SMILES string of the molecule is O=C(Cc1cc(-c2ccc3c(c2)OCO3)on1)NCCc1ccccc1. The average molecular weight is 350 g/mol. The van der Waals surface area contributed by atoms with Crippen molar-refractivity contribution >= 4 is 5.91 Å². The van der Waals surface area contributed by atoms with Crippen LogP contribution in [0.2, 0.25) is 0 Å². The molecular formula is C20H18N2O4. The first kappa shape index (κ1) is 16.2. The molecule has 2 heterocycles. The van der Waals surface area contributed by atoms with Crippen molar-refractivity contribution in [1.29, 1.82) is 0 Å². The Morgan fingerprint density at radius 1 is 1.04 bits per heavy atom. The lowest BCUT2D eigenvalue weighted by molar-refractivity contribution is -0.120. The standard InChI is InChI=1S/C20H18N2O4/c23-20(21-9-8-14-4-2-1-3-5-14)12-16-11-18(26-22-16)15-6-7-17-19(10-15)25-13-24-17/h1-7,10-11H,8-9,12-13H2,(H,21,23). The van der Waals surface area contributed by atoms with Crippen LogP contribution in [0.15, 0.2) is 59.1 Å². The highest BCUT2D eigenvalue weighted by molar-refractivity contribution is 5.78. The summed E-state index contributed by atoms with van der Waals surface area (Å²) in [6, 6.07) is 17.4. The van der Waals surface area contributed by atoms with Gasteiger partial charge in [-0.05, 0) is 30.2 Å². The zero-order chi connectivity index (χ0) is 17.8. The third-order valence-corrected chi connectivity index (χ3v) is 4.14. The van der Waals surface area contributed by atoms with Crippen molar-refractivity contribution in [2.75, 3.05) is 13.3 Å². The highest BCUT2D eigenvalue weighted by atomic mass is 16.7. The number of carbonyl (C=O) groups excluding carboxylic acids is 1. The smallest absolute Gasteiger partial charge is 0.231 e. The van der Waals surface area contributed by atoms with Crippen LogP contribution in [0.4, 0.5) is 0 Å². The molecule has 0 aliphatic carbocycles. The number of aromatic nitrogens is 1. The Hall–Kier alpha value is -3.28. The van der Waals surface area contributed by atoms with Gasteiger partial charge in [0.15, 0.2) is 17.3 Å². The molecule has 0 unspecified atom stereocenters. The van der Waals surface area contributed by atoms with Gasteiger partial charge in [-0.1, -0.05) is 35.5 Å². The van der Waals surface area contributed by atoms with Crippen LogP contribution in [0.3, 0.4) is 0 Å². The average Bonchev–Trinajstić information content (AvgIpc) is 3.31. The molecule has 1 aliphatic heterocycles. The minimum absolute atomic E-state index is 0.0773. The summed E-state index contributed by atoms with van der Waals surface area (Å²) in [6.07, 6.45) is 0.983. The summed E-state index contributed by atoms with van der Waals surface area (Å²) in [4.78, 5) is 12.1. The third-order valence-electron chi connectivity index (χ3n) is 4.14. The highest BCUT2D eigenvalue weighted by Gasteiger charge is 2.16. The number of hydrogen-bond acceptors (Lipinski definition) is 5. The first-order chi connectivity index (χ1) is 12.8. The van der Waals surface area contributed by atoms with Gasteiger partial charge < -0.3 is 19.3 Å². The van der Waals surface area contributed by atoms with Gasteiger partial charge in [-0.2, -0.15) is 0 Å². The highest BCUT2D eigenvalue weighted by Crippen LogP contribution is 2.36. The molecule has 0 saturated carbocycles. The van der Waals surface area contributed by atoms with Gasteiger partial charge in [0.25, 0.3) is 0 Å². The van der Waals surface area contributed by atoms with E-state index in [0.29, 0.717) is 29.5 Å². The molecule has 0 saturated heterocycles. The number of nitrogens with one attached hydrogen (secondary N) is 1. The van der Waals surface area contributed by atoms with Crippen LogP contribution in [0.25, 0.3) is 11.3 Å². The van der Waals surface area contributed by atoms with Crippen LogP contribution >= 0.6 is 0 Å². The number of benzene rings is 2. The molecule has 1 N–H and O–H groups in total. The Morgan fingerprint density at radius 3 is 2.77 bits per heavy atom. The molecule has 0 bridgehead atoms. The van der Waals surface area contributed by atoms with Crippen LogP contribution in [0, 0.1) is 0 Å². The summed E-state index contributed by atoms with van der Waals surface area (Å²) in [7, 11) is 0. The summed E-state index contributed by atoms with van der Waals surface area (Å²) in [6.45, 7) is 0.819.